The van der Waals surface area contributed by atoms with Gasteiger partial charge < -0.3 is 19.9 Å². The number of amides is 3. The molecule has 31 heavy (non-hydrogen) atoms. The smallest absolute Gasteiger partial charge is 0.410 e. The van der Waals surface area contributed by atoms with Crippen molar-refractivity contribution in [2.24, 2.45) is 0 Å². The van der Waals surface area contributed by atoms with E-state index in [1.54, 1.807) is 9.80 Å². The van der Waals surface area contributed by atoms with Crippen molar-refractivity contribution >= 4 is 17.9 Å². The molecule has 0 saturated carbocycles. The van der Waals surface area contributed by atoms with Crippen LogP contribution in [0.15, 0.2) is 73.3 Å². The Kier molecular flexibility index (Phi) is 7.81. The monoisotopic (exact) mass is 421 g/mol. The van der Waals surface area contributed by atoms with Gasteiger partial charge in [0.15, 0.2) is 0 Å². The minimum Gasteiger partial charge on any atom is -0.445 e. The van der Waals surface area contributed by atoms with E-state index in [1.165, 1.54) is 0 Å². The lowest BCUT2D eigenvalue weighted by Crippen LogP contribution is -2.56. The van der Waals surface area contributed by atoms with E-state index in [0.29, 0.717) is 32.6 Å². The highest BCUT2D eigenvalue weighted by molar-refractivity contribution is 5.92. The number of carbonyl (C=O) groups is 3. The van der Waals surface area contributed by atoms with Gasteiger partial charge in [0.2, 0.25) is 11.8 Å². The molecule has 0 unspecified atom stereocenters. The van der Waals surface area contributed by atoms with Crippen LogP contribution in [0.5, 0.6) is 0 Å². The zero-order valence-electron chi connectivity index (χ0n) is 17.4. The summed E-state index contributed by atoms with van der Waals surface area (Å²) in [6.45, 7) is 5.21. The summed E-state index contributed by atoms with van der Waals surface area (Å²) in [5, 5.41) is 2.73. The van der Waals surface area contributed by atoms with Crippen LogP contribution in [0.25, 0.3) is 0 Å². The van der Waals surface area contributed by atoms with E-state index < -0.39 is 18.0 Å². The standard InChI is InChI=1S/C24H27N3O4/c1-2-22(28)25-21(17-19-9-5-3-6-10-19)23(29)26-13-15-27(16-14-26)24(30)31-18-20-11-7-4-8-12-20/h2-12,21H,1,13-18H2,(H,25,28)/t21-/m1/s1. The lowest BCUT2D eigenvalue weighted by Gasteiger charge is -2.36. The van der Waals surface area contributed by atoms with E-state index in [1.807, 2.05) is 60.7 Å². The van der Waals surface area contributed by atoms with Gasteiger partial charge in [0.05, 0.1) is 0 Å². The molecular formula is C24H27N3O4. The van der Waals surface area contributed by atoms with Crippen molar-refractivity contribution in [2.45, 2.75) is 19.1 Å². The van der Waals surface area contributed by atoms with Gasteiger partial charge in [0.1, 0.15) is 12.6 Å². The van der Waals surface area contributed by atoms with E-state index in [-0.39, 0.29) is 12.5 Å². The number of piperazine rings is 1. The van der Waals surface area contributed by atoms with E-state index >= 15 is 0 Å². The van der Waals surface area contributed by atoms with Crippen LogP contribution in [0.4, 0.5) is 4.79 Å². The highest BCUT2D eigenvalue weighted by Crippen LogP contribution is 2.11. The fourth-order valence-corrected chi connectivity index (χ4v) is 3.42. The van der Waals surface area contributed by atoms with Crippen molar-refractivity contribution in [2.75, 3.05) is 26.2 Å². The Morgan fingerprint density at radius 1 is 0.903 bits per heavy atom. The summed E-state index contributed by atoms with van der Waals surface area (Å²) in [6, 6.07) is 18.3. The Balaban J connectivity index is 1.54. The first-order chi connectivity index (χ1) is 15.1. The Morgan fingerprint density at radius 2 is 1.45 bits per heavy atom. The molecule has 1 atom stereocenters. The van der Waals surface area contributed by atoms with Crippen molar-refractivity contribution in [3.63, 3.8) is 0 Å². The van der Waals surface area contributed by atoms with Crippen LogP contribution >= 0.6 is 0 Å². The van der Waals surface area contributed by atoms with Gasteiger partial charge in [0, 0.05) is 32.6 Å². The van der Waals surface area contributed by atoms with Crippen molar-refractivity contribution < 1.29 is 19.1 Å². The van der Waals surface area contributed by atoms with Crippen LogP contribution in [0, 0.1) is 0 Å². The fraction of sp³-hybridized carbons (Fsp3) is 0.292. The molecule has 0 aromatic heterocycles. The van der Waals surface area contributed by atoms with Crippen LogP contribution in [0.1, 0.15) is 11.1 Å². The van der Waals surface area contributed by atoms with E-state index in [0.717, 1.165) is 17.2 Å². The highest BCUT2D eigenvalue weighted by Gasteiger charge is 2.30. The summed E-state index contributed by atoms with van der Waals surface area (Å²) in [6.07, 6.45) is 1.15. The Bertz CT molecular complexity index is 894. The summed E-state index contributed by atoms with van der Waals surface area (Å²) in [4.78, 5) is 40.6. The maximum absolute atomic E-state index is 13.1. The second kappa shape index (κ2) is 11.0. The molecule has 1 aliphatic heterocycles. The number of nitrogens with zero attached hydrogens (tertiary/aromatic N) is 2. The minimum atomic E-state index is -0.690. The van der Waals surface area contributed by atoms with Crippen molar-refractivity contribution in [1.29, 1.82) is 0 Å². The van der Waals surface area contributed by atoms with E-state index in [4.69, 9.17) is 4.74 Å². The van der Waals surface area contributed by atoms with Gasteiger partial charge in [0.25, 0.3) is 0 Å². The molecule has 7 heteroatoms. The van der Waals surface area contributed by atoms with Crippen molar-refractivity contribution in [3.05, 3.63) is 84.4 Å². The van der Waals surface area contributed by atoms with Gasteiger partial charge in [-0.15, -0.1) is 0 Å². The summed E-state index contributed by atoms with van der Waals surface area (Å²) < 4.78 is 5.37. The topological polar surface area (TPSA) is 79.0 Å². The number of rotatable bonds is 7. The largest absolute Gasteiger partial charge is 0.445 e. The van der Waals surface area contributed by atoms with Crippen LogP contribution in [-0.2, 0) is 27.4 Å². The van der Waals surface area contributed by atoms with Crippen LogP contribution in [0.3, 0.4) is 0 Å². The molecule has 3 amide bonds. The number of nitrogens with one attached hydrogen (secondary N) is 1. The van der Waals surface area contributed by atoms with Crippen LogP contribution < -0.4 is 5.32 Å². The summed E-state index contributed by atoms with van der Waals surface area (Å²) in [5.41, 5.74) is 1.87. The first-order valence-electron chi connectivity index (χ1n) is 10.3. The summed E-state index contributed by atoms with van der Waals surface area (Å²) in [5.74, 6) is -0.561. The molecule has 2 aromatic rings. The average molecular weight is 421 g/mol. The number of hydrogen-bond acceptors (Lipinski definition) is 4. The minimum absolute atomic E-state index is 0.170. The Labute approximate surface area is 182 Å². The summed E-state index contributed by atoms with van der Waals surface area (Å²) >= 11 is 0. The average Bonchev–Trinajstić information content (AvgIpc) is 2.83. The Morgan fingerprint density at radius 3 is 2.03 bits per heavy atom. The lowest BCUT2D eigenvalue weighted by atomic mass is 10.0. The first kappa shape index (κ1) is 22.1. The van der Waals surface area contributed by atoms with Gasteiger partial charge in [-0.1, -0.05) is 67.2 Å². The third kappa shape index (κ3) is 6.44. The zero-order chi connectivity index (χ0) is 22.1. The van der Waals surface area contributed by atoms with Crippen LogP contribution in [0.2, 0.25) is 0 Å². The van der Waals surface area contributed by atoms with Gasteiger partial charge in [-0.05, 0) is 17.2 Å². The third-order valence-electron chi connectivity index (χ3n) is 5.14. The number of hydrogen-bond donors (Lipinski definition) is 1. The predicted octanol–water partition coefficient (Wildman–Crippen LogP) is 2.38. The van der Waals surface area contributed by atoms with E-state index in [2.05, 4.69) is 11.9 Å². The number of benzene rings is 2. The zero-order valence-corrected chi connectivity index (χ0v) is 17.4. The molecule has 2 aromatic carbocycles. The summed E-state index contributed by atoms with van der Waals surface area (Å²) in [7, 11) is 0. The third-order valence-corrected chi connectivity index (χ3v) is 5.14. The molecule has 162 valence electrons. The molecule has 0 bridgehead atoms. The molecular weight excluding hydrogens is 394 g/mol. The van der Waals surface area contributed by atoms with Crippen LogP contribution in [-0.4, -0.2) is 59.9 Å². The molecule has 1 heterocycles. The van der Waals surface area contributed by atoms with Gasteiger partial charge in [-0.3, -0.25) is 9.59 Å². The molecule has 1 N–H and O–H groups in total. The molecule has 0 spiro atoms. The quantitative estimate of drug-likeness (QED) is 0.697. The predicted molar refractivity (Wildman–Crippen MR) is 117 cm³/mol. The number of ether oxygens (including phenoxy) is 1. The molecule has 7 nitrogen and oxygen atoms in total. The first-order valence-corrected chi connectivity index (χ1v) is 10.3. The second-order valence-corrected chi connectivity index (χ2v) is 7.31. The van der Waals surface area contributed by atoms with Crippen molar-refractivity contribution in [1.82, 2.24) is 15.1 Å². The Hall–Kier alpha value is -3.61. The molecule has 1 saturated heterocycles. The fourth-order valence-electron chi connectivity index (χ4n) is 3.42. The number of carbonyl (C=O) groups excluding carboxylic acids is 3. The molecule has 0 aliphatic carbocycles. The normalized spacial score (nSPS) is 14.5. The second-order valence-electron chi connectivity index (χ2n) is 7.31. The van der Waals surface area contributed by atoms with Crippen molar-refractivity contribution in [3.8, 4) is 0 Å². The maximum atomic E-state index is 13.1. The molecule has 1 fully saturated rings. The molecule has 3 rings (SSSR count). The highest BCUT2D eigenvalue weighted by atomic mass is 16.6. The maximum Gasteiger partial charge on any atom is 0.410 e. The molecule has 1 aliphatic rings. The van der Waals surface area contributed by atoms with Gasteiger partial charge >= 0.3 is 6.09 Å². The van der Waals surface area contributed by atoms with E-state index in [9.17, 15) is 14.4 Å². The lowest BCUT2D eigenvalue weighted by molar-refractivity contribution is -0.137. The van der Waals surface area contributed by atoms with Gasteiger partial charge in [-0.25, -0.2) is 4.79 Å². The SMILES string of the molecule is C=CC(=O)N[C@H](Cc1ccccc1)C(=O)N1CCN(C(=O)OCc2ccccc2)CC1. The molecule has 0 radical (unpaired) electrons. The van der Waals surface area contributed by atoms with Gasteiger partial charge in [-0.2, -0.15) is 0 Å².